The van der Waals surface area contributed by atoms with Crippen LogP contribution in [-0.4, -0.2) is 52.1 Å². The Kier molecular flexibility index (Phi) is 4.71. The number of alkyl halides is 3. The van der Waals surface area contributed by atoms with Crippen molar-refractivity contribution in [2.45, 2.75) is 13.1 Å². The van der Waals surface area contributed by atoms with E-state index >= 15 is 0 Å². The van der Waals surface area contributed by atoms with Crippen LogP contribution < -0.4 is 4.90 Å². The van der Waals surface area contributed by atoms with Crippen LogP contribution in [0.3, 0.4) is 0 Å². The summed E-state index contributed by atoms with van der Waals surface area (Å²) in [5.41, 5.74) is 0.187. The highest BCUT2D eigenvalue weighted by Crippen LogP contribution is 2.28. The molecule has 9 heteroatoms. The van der Waals surface area contributed by atoms with Gasteiger partial charge in [-0.25, -0.2) is 9.97 Å². The molecule has 2 aromatic rings. The van der Waals surface area contributed by atoms with Crippen molar-refractivity contribution in [3.63, 3.8) is 0 Å². The van der Waals surface area contributed by atoms with Gasteiger partial charge in [0, 0.05) is 44.1 Å². The Morgan fingerprint density at radius 3 is 2.27 bits per heavy atom. The summed E-state index contributed by atoms with van der Waals surface area (Å²) in [6, 6.07) is 4.76. The molecular weight excluding hydrogens is 349 g/mol. The lowest BCUT2D eigenvalue weighted by Gasteiger charge is -2.34. The fourth-order valence-electron chi connectivity index (χ4n) is 2.67. The van der Waals surface area contributed by atoms with E-state index in [-0.39, 0.29) is 17.6 Å². The standard InChI is InChI=1S/C17H17F3N4O2/c1-11-2-3-12(8-14(11)25)15(26)23-4-6-24(7-5-23)16-21-9-13(10-22-16)17(18,19)20/h2-3,8-10,25H,4-7H2,1H3. The first-order chi connectivity index (χ1) is 12.3. The van der Waals surface area contributed by atoms with E-state index in [1.54, 1.807) is 28.9 Å². The van der Waals surface area contributed by atoms with Gasteiger partial charge in [-0.3, -0.25) is 4.79 Å². The van der Waals surface area contributed by atoms with E-state index in [9.17, 15) is 23.1 Å². The van der Waals surface area contributed by atoms with Crippen LogP contribution >= 0.6 is 0 Å². The normalized spacial score (nSPS) is 15.2. The Labute approximate surface area is 147 Å². The van der Waals surface area contributed by atoms with Gasteiger partial charge in [-0.05, 0) is 24.6 Å². The van der Waals surface area contributed by atoms with Crippen LogP contribution in [0.4, 0.5) is 19.1 Å². The molecule has 26 heavy (non-hydrogen) atoms. The first-order valence-corrected chi connectivity index (χ1v) is 7.99. The Hall–Kier alpha value is -2.84. The van der Waals surface area contributed by atoms with Crippen molar-refractivity contribution in [2.24, 2.45) is 0 Å². The summed E-state index contributed by atoms with van der Waals surface area (Å²) in [7, 11) is 0. The number of rotatable bonds is 2. The number of halogens is 3. The quantitative estimate of drug-likeness (QED) is 0.884. The van der Waals surface area contributed by atoms with E-state index in [4.69, 9.17) is 0 Å². The SMILES string of the molecule is Cc1ccc(C(=O)N2CCN(c3ncc(C(F)(F)F)cn3)CC2)cc1O. The van der Waals surface area contributed by atoms with Crippen molar-refractivity contribution in [1.29, 1.82) is 0 Å². The Bertz CT molecular complexity index is 801. The number of carbonyl (C=O) groups is 1. The maximum atomic E-state index is 12.6. The summed E-state index contributed by atoms with van der Waals surface area (Å²) >= 11 is 0. The number of nitrogens with zero attached hydrogens (tertiary/aromatic N) is 4. The van der Waals surface area contributed by atoms with Gasteiger partial charge in [-0.1, -0.05) is 6.07 Å². The number of amides is 1. The van der Waals surface area contributed by atoms with Crippen LogP contribution in [0.2, 0.25) is 0 Å². The third-order valence-electron chi connectivity index (χ3n) is 4.27. The molecule has 6 nitrogen and oxygen atoms in total. The topological polar surface area (TPSA) is 69.6 Å². The number of benzene rings is 1. The molecule has 0 bridgehead atoms. The molecular formula is C17H17F3N4O2. The van der Waals surface area contributed by atoms with Gasteiger partial charge in [-0.15, -0.1) is 0 Å². The van der Waals surface area contributed by atoms with Crippen molar-refractivity contribution in [3.05, 3.63) is 47.3 Å². The van der Waals surface area contributed by atoms with Gasteiger partial charge in [0.1, 0.15) is 5.75 Å². The highest BCUT2D eigenvalue weighted by molar-refractivity contribution is 5.94. The molecule has 1 amide bonds. The number of carbonyl (C=O) groups excluding carboxylic acids is 1. The second kappa shape index (κ2) is 6.81. The van der Waals surface area contributed by atoms with Crippen LogP contribution in [-0.2, 0) is 6.18 Å². The molecule has 1 fully saturated rings. The van der Waals surface area contributed by atoms with Gasteiger partial charge in [0.25, 0.3) is 5.91 Å². The summed E-state index contributed by atoms with van der Waals surface area (Å²) in [6.45, 7) is 3.34. The molecule has 3 rings (SSSR count). The number of hydrogen-bond donors (Lipinski definition) is 1. The molecule has 1 aromatic carbocycles. The summed E-state index contributed by atoms with van der Waals surface area (Å²) in [5, 5.41) is 9.74. The van der Waals surface area contributed by atoms with Gasteiger partial charge in [0.15, 0.2) is 0 Å². The number of piperazine rings is 1. The largest absolute Gasteiger partial charge is 0.508 e. The zero-order chi connectivity index (χ0) is 18.9. The molecule has 1 aliphatic rings. The number of aryl methyl sites for hydroxylation is 1. The van der Waals surface area contributed by atoms with E-state index < -0.39 is 11.7 Å². The number of anilines is 1. The molecule has 0 radical (unpaired) electrons. The minimum atomic E-state index is -4.47. The zero-order valence-corrected chi connectivity index (χ0v) is 14.0. The predicted molar refractivity (Wildman–Crippen MR) is 88.0 cm³/mol. The lowest BCUT2D eigenvalue weighted by Crippen LogP contribution is -2.49. The predicted octanol–water partition coefficient (Wildman–Crippen LogP) is 2.47. The molecule has 1 N–H and O–H groups in total. The summed E-state index contributed by atoms with van der Waals surface area (Å²) in [5.74, 6) is 0.0685. The maximum Gasteiger partial charge on any atom is 0.419 e. The average Bonchev–Trinajstić information content (AvgIpc) is 2.63. The van der Waals surface area contributed by atoms with Crippen LogP contribution in [0.15, 0.2) is 30.6 Å². The molecule has 0 spiro atoms. The van der Waals surface area contributed by atoms with Gasteiger partial charge in [0.05, 0.1) is 5.56 Å². The number of aromatic nitrogens is 2. The molecule has 1 aliphatic heterocycles. The van der Waals surface area contributed by atoms with E-state index in [0.29, 0.717) is 37.3 Å². The molecule has 0 saturated carbocycles. The Balaban J connectivity index is 1.63. The summed E-state index contributed by atoms with van der Waals surface area (Å²) in [6.07, 6.45) is -2.95. The van der Waals surface area contributed by atoms with Crippen molar-refractivity contribution >= 4 is 11.9 Å². The highest BCUT2D eigenvalue weighted by Gasteiger charge is 2.32. The van der Waals surface area contributed by atoms with Gasteiger partial charge < -0.3 is 14.9 Å². The van der Waals surface area contributed by atoms with E-state index in [1.807, 2.05) is 0 Å². The van der Waals surface area contributed by atoms with Crippen molar-refractivity contribution in [1.82, 2.24) is 14.9 Å². The fraction of sp³-hybridized carbons (Fsp3) is 0.353. The van der Waals surface area contributed by atoms with E-state index in [2.05, 4.69) is 9.97 Å². The van der Waals surface area contributed by atoms with Gasteiger partial charge in [-0.2, -0.15) is 13.2 Å². The van der Waals surface area contributed by atoms with Gasteiger partial charge >= 0.3 is 6.18 Å². The molecule has 1 saturated heterocycles. The van der Waals surface area contributed by atoms with Crippen LogP contribution in [0, 0.1) is 6.92 Å². The van der Waals surface area contributed by atoms with Crippen molar-refractivity contribution in [2.75, 3.05) is 31.1 Å². The first-order valence-electron chi connectivity index (χ1n) is 7.99. The number of phenols is 1. The third kappa shape index (κ3) is 3.71. The molecule has 1 aromatic heterocycles. The van der Waals surface area contributed by atoms with Crippen LogP contribution in [0.5, 0.6) is 5.75 Å². The smallest absolute Gasteiger partial charge is 0.419 e. The average molecular weight is 366 g/mol. The highest BCUT2D eigenvalue weighted by atomic mass is 19.4. The van der Waals surface area contributed by atoms with Gasteiger partial charge in [0.2, 0.25) is 5.95 Å². The fourth-order valence-corrected chi connectivity index (χ4v) is 2.67. The number of aromatic hydroxyl groups is 1. The molecule has 0 atom stereocenters. The Morgan fingerprint density at radius 2 is 1.73 bits per heavy atom. The zero-order valence-electron chi connectivity index (χ0n) is 14.0. The number of hydrogen-bond acceptors (Lipinski definition) is 5. The van der Waals surface area contributed by atoms with Crippen LogP contribution in [0.25, 0.3) is 0 Å². The monoisotopic (exact) mass is 366 g/mol. The summed E-state index contributed by atoms with van der Waals surface area (Å²) in [4.78, 5) is 23.4. The molecule has 2 heterocycles. The minimum absolute atomic E-state index is 0.0626. The maximum absolute atomic E-state index is 12.6. The molecule has 0 aliphatic carbocycles. The van der Waals surface area contributed by atoms with Crippen LogP contribution in [0.1, 0.15) is 21.5 Å². The first kappa shape index (κ1) is 18.0. The van der Waals surface area contributed by atoms with E-state index in [1.165, 1.54) is 6.07 Å². The number of phenolic OH excluding ortho intramolecular Hbond substituents is 1. The van der Waals surface area contributed by atoms with Crippen molar-refractivity contribution in [3.8, 4) is 5.75 Å². The minimum Gasteiger partial charge on any atom is -0.508 e. The molecule has 138 valence electrons. The molecule has 0 unspecified atom stereocenters. The second-order valence-corrected chi connectivity index (χ2v) is 6.05. The summed E-state index contributed by atoms with van der Waals surface area (Å²) < 4.78 is 37.7. The van der Waals surface area contributed by atoms with E-state index in [0.717, 1.165) is 12.4 Å². The van der Waals surface area contributed by atoms with Crippen molar-refractivity contribution < 1.29 is 23.1 Å². The lowest BCUT2D eigenvalue weighted by atomic mass is 10.1. The third-order valence-corrected chi connectivity index (χ3v) is 4.27. The second-order valence-electron chi connectivity index (χ2n) is 6.05. The Morgan fingerprint density at radius 1 is 1.12 bits per heavy atom. The lowest BCUT2D eigenvalue weighted by molar-refractivity contribution is -0.138.